The lowest BCUT2D eigenvalue weighted by molar-refractivity contribution is -0.0936. The number of hydrogen-bond donors (Lipinski definition) is 2. The summed E-state index contributed by atoms with van der Waals surface area (Å²) in [7, 11) is -22.0. The van der Waals surface area contributed by atoms with Crippen LogP contribution in [-0.4, -0.2) is 167 Å². The van der Waals surface area contributed by atoms with Gasteiger partial charge in [0.2, 0.25) is 0 Å². The van der Waals surface area contributed by atoms with Crippen molar-refractivity contribution >= 4 is 53.8 Å². The number of nitrogens with one attached hydrogen (secondary N) is 1. The average molecular weight is 1310 g/mol. The third-order valence-corrected chi connectivity index (χ3v) is 31.3. The minimum Gasteiger partial charge on any atom is -0.359 e. The zero-order valence-corrected chi connectivity index (χ0v) is 65.2. The van der Waals surface area contributed by atoms with E-state index in [4.69, 9.17) is 85.1 Å². The molecule has 0 aliphatic heterocycles. The predicted octanol–water partition coefficient (Wildman–Crippen LogP) is 13.1. The van der Waals surface area contributed by atoms with E-state index < -0.39 is 53.8 Å². The highest BCUT2D eigenvalue weighted by molar-refractivity contribution is 6.90. The lowest BCUT2D eigenvalue weighted by Gasteiger charge is -2.53. The van der Waals surface area contributed by atoms with E-state index >= 15 is 0 Å². The molecule has 0 rings (SSSR count). The molecular formula is C56H135N3O18Si6. The minimum absolute atomic E-state index is 0. The number of nitrogens with two attached hydrogens (primary N) is 1. The molecule has 0 aliphatic rings. The Bertz CT molecular complexity index is 1360. The van der Waals surface area contributed by atoms with Crippen molar-refractivity contribution in [3.8, 4) is 0 Å². The largest absolute Gasteiger partial charge is 0.597 e. The maximum absolute atomic E-state index is 6.83. The van der Waals surface area contributed by atoms with E-state index in [1.54, 1.807) is 0 Å². The molecule has 0 spiro atoms. The van der Waals surface area contributed by atoms with E-state index in [1.807, 2.05) is 260 Å². The monoisotopic (exact) mass is 1310 g/mol. The summed E-state index contributed by atoms with van der Waals surface area (Å²) in [6, 6.07) is 0. The van der Waals surface area contributed by atoms with Gasteiger partial charge in [-0.1, -0.05) is 7.43 Å². The van der Waals surface area contributed by atoms with Crippen molar-refractivity contribution in [2.75, 3.05) is 0 Å². The zero-order valence-electron chi connectivity index (χ0n) is 59.2. The van der Waals surface area contributed by atoms with Gasteiger partial charge in [0, 0.05) is 104 Å². The van der Waals surface area contributed by atoms with Gasteiger partial charge in [-0.25, -0.2) is 4.65 Å². The van der Waals surface area contributed by atoms with E-state index in [-0.39, 0.29) is 117 Å². The van der Waals surface area contributed by atoms with Gasteiger partial charge in [0.15, 0.2) is 0 Å². The Balaban J connectivity index is -0.000000623. The number of rotatable bonds is 40. The molecule has 0 radical (unpaired) electrons. The highest BCUT2D eigenvalue weighted by atomic mass is 28.5. The highest BCUT2D eigenvalue weighted by Gasteiger charge is 2.78. The van der Waals surface area contributed by atoms with Gasteiger partial charge in [-0.3, -0.25) is 5.40 Å². The Morgan fingerprint density at radius 1 is 0.253 bits per heavy atom. The summed E-state index contributed by atoms with van der Waals surface area (Å²) in [4.78, 5) is 0. The molecule has 0 aromatic rings. The normalized spacial score (nSPS) is 14.0. The zero-order chi connectivity index (χ0) is 65.3. The second-order valence-corrected chi connectivity index (χ2v) is 40.3. The van der Waals surface area contributed by atoms with E-state index in [9.17, 15) is 0 Å². The first-order valence-corrected chi connectivity index (χ1v) is 40.7. The van der Waals surface area contributed by atoms with Crippen LogP contribution in [0.4, 0.5) is 0 Å². The second kappa shape index (κ2) is 41.0. The summed E-state index contributed by atoms with van der Waals surface area (Å²) in [5.41, 5.74) is -0.356. The van der Waals surface area contributed by atoms with Crippen LogP contribution in [0.3, 0.4) is 0 Å². The first kappa shape index (κ1) is 89.9. The molecule has 0 amide bonds. The Hall–Kier alpha value is 0.461. The second-order valence-electron chi connectivity index (χ2n) is 25.8. The highest BCUT2D eigenvalue weighted by Crippen LogP contribution is 2.40. The van der Waals surface area contributed by atoms with Crippen molar-refractivity contribution in [1.29, 1.82) is 0 Å². The van der Waals surface area contributed by atoms with E-state index in [2.05, 4.69) is 4.65 Å². The number of nitrogens with zero attached hydrogens (tertiary/aromatic N) is 1. The topological polar surface area (TPSA) is 207 Å². The molecule has 0 bridgehead atoms. The van der Waals surface area contributed by atoms with Crippen LogP contribution in [0.15, 0.2) is 0 Å². The molecule has 0 heterocycles. The van der Waals surface area contributed by atoms with Crippen molar-refractivity contribution in [2.45, 2.75) is 373 Å². The van der Waals surface area contributed by atoms with Gasteiger partial charge in [0.05, 0.1) is 5.60 Å². The smallest absolute Gasteiger partial charge is 0.359 e. The Morgan fingerprint density at radius 2 is 0.386 bits per heavy atom. The lowest BCUT2D eigenvalue weighted by atomic mass is 10.2. The fourth-order valence-corrected chi connectivity index (χ4v) is 30.4. The maximum atomic E-state index is 6.83. The van der Waals surface area contributed by atoms with Gasteiger partial charge in [0.1, 0.15) is 0 Å². The fraction of sp³-hybridized carbons (Fsp3) is 1.00. The van der Waals surface area contributed by atoms with Gasteiger partial charge >= 0.3 is 53.8 Å². The Morgan fingerprint density at radius 3 is 0.494 bits per heavy atom. The van der Waals surface area contributed by atoms with Crippen molar-refractivity contribution in [2.24, 2.45) is 5.40 Å². The van der Waals surface area contributed by atoms with Crippen molar-refractivity contribution in [1.82, 2.24) is 8.54 Å². The molecule has 3 N–H and O–H groups in total. The van der Waals surface area contributed by atoms with E-state index in [1.165, 1.54) is 0 Å². The van der Waals surface area contributed by atoms with Crippen LogP contribution >= 0.6 is 0 Å². The molecule has 27 heteroatoms. The standard InChI is InChI=1S/C27H63NO9Si3.C18H43NO6Si2.C10H25NO3Si.CH4/c1-19(2)29-38(30-20(3)4,31-21(5)6)28(39(32-22(7)8,33-23(9)10)34-24(11)12)40(35-25(13)14,36-26(15)16)37-27(17)18;1-13(2)20-26(21-14(3)4,22-15(5)6)19-27(23-16(7)8,24-17(9)10)25-18(11)12;1-8(2)12-15(11,13-9(3)4)14-10(5,6)7;/h19-27H,1-18H3;13-19H,1-12H3;8-9H,11H2,1-7H3;1H4. The summed E-state index contributed by atoms with van der Waals surface area (Å²) in [6.07, 6.45) is -3.26. The van der Waals surface area contributed by atoms with Gasteiger partial charge in [-0.05, 0) is 256 Å². The molecule has 506 valence electrons. The van der Waals surface area contributed by atoms with Crippen LogP contribution < -0.4 is 10.0 Å². The Labute approximate surface area is 518 Å². The molecule has 0 fully saturated rings. The summed E-state index contributed by atoms with van der Waals surface area (Å²) in [5.74, 6) is 0. The van der Waals surface area contributed by atoms with Crippen LogP contribution in [-0.2, 0) is 79.7 Å². The molecule has 0 atom stereocenters. The van der Waals surface area contributed by atoms with Gasteiger partial charge < -0.3 is 79.7 Å². The summed E-state index contributed by atoms with van der Waals surface area (Å²) in [5, 5.41) is 6.06. The van der Waals surface area contributed by atoms with Crippen LogP contribution in [0, 0.1) is 0 Å². The summed E-state index contributed by atoms with van der Waals surface area (Å²) in [6.45, 7) is 72.1. The molecule has 0 aromatic carbocycles. The predicted molar refractivity (Wildman–Crippen MR) is 347 cm³/mol. The lowest BCUT2D eigenvalue weighted by Crippen LogP contribution is -2.86. The molecule has 0 aromatic heterocycles. The van der Waals surface area contributed by atoms with Gasteiger partial charge in [-0.15, -0.1) is 0 Å². The third kappa shape index (κ3) is 40.0. The molecule has 0 saturated carbocycles. The molecule has 83 heavy (non-hydrogen) atoms. The van der Waals surface area contributed by atoms with Crippen LogP contribution in [0.1, 0.15) is 264 Å². The molecular weight excluding hydrogens is 1170 g/mol. The van der Waals surface area contributed by atoms with E-state index in [0.29, 0.717) is 0 Å². The van der Waals surface area contributed by atoms with Crippen LogP contribution in [0.25, 0.3) is 0 Å². The third-order valence-electron chi connectivity index (χ3n) is 8.18. The molecule has 0 saturated heterocycles. The molecule has 0 unspecified atom stereocenters. The average Bonchev–Trinajstić information content (AvgIpc) is 3.11. The SMILES string of the molecule is C.CC(C)O[Si](N)(OC(C)C)OC(C)(C)C.CC(C)O[Si](N[Si](OC(C)C)(OC(C)C)OC(C)C)(OC(C)C)OC(C)C.CC(C)O[Si](OC(C)C)(OC(C)C)N([Si](OC(C)C)(OC(C)C)OC(C)C)[Si](OC(C)C)(OC(C)C)OC(C)C. The van der Waals surface area contributed by atoms with Gasteiger partial charge in [-0.2, -0.15) is 3.90 Å². The van der Waals surface area contributed by atoms with Crippen molar-refractivity contribution in [3.05, 3.63) is 0 Å². The first-order valence-electron chi connectivity index (χ1n) is 30.5. The first-order chi connectivity index (χ1) is 36.9. The quantitative estimate of drug-likeness (QED) is 0.0547. The maximum Gasteiger partial charge on any atom is 0.597 e. The van der Waals surface area contributed by atoms with Crippen molar-refractivity contribution in [3.63, 3.8) is 0 Å². The molecule has 0 aliphatic carbocycles. The van der Waals surface area contributed by atoms with E-state index in [0.717, 1.165) is 0 Å². The number of hydrogen-bond acceptors (Lipinski definition) is 21. The van der Waals surface area contributed by atoms with Crippen molar-refractivity contribution < 1.29 is 79.7 Å². The van der Waals surface area contributed by atoms with Crippen LogP contribution in [0.5, 0.6) is 0 Å². The van der Waals surface area contributed by atoms with Gasteiger partial charge in [0.25, 0.3) is 0 Å². The summed E-state index contributed by atoms with van der Waals surface area (Å²) >= 11 is 0. The van der Waals surface area contributed by atoms with Crippen LogP contribution in [0.2, 0.25) is 0 Å². The fourth-order valence-electron chi connectivity index (χ4n) is 7.46. The Kier molecular flexibility index (Phi) is 44.5. The summed E-state index contributed by atoms with van der Waals surface area (Å²) < 4.78 is 121. The molecule has 21 nitrogen and oxygen atoms in total. The minimum atomic E-state index is -4.08.